The van der Waals surface area contributed by atoms with E-state index in [2.05, 4.69) is 138 Å². The number of benzene rings is 2. The molecule has 0 atom stereocenters. The first kappa shape index (κ1) is 24.4. The Morgan fingerprint density at radius 1 is 0.737 bits per heavy atom. The third-order valence-electron chi connectivity index (χ3n) is 6.73. The quantitative estimate of drug-likeness (QED) is 0.183. The van der Waals surface area contributed by atoms with E-state index in [0.717, 1.165) is 25.2 Å². The van der Waals surface area contributed by atoms with Crippen LogP contribution in [0.15, 0.2) is 128 Å². The van der Waals surface area contributed by atoms with E-state index in [4.69, 9.17) is 0 Å². The lowest BCUT2D eigenvalue weighted by Gasteiger charge is -2.22. The smallest absolute Gasteiger partial charge is 0.173 e. The largest absolute Gasteiger partial charge is 0.369 e. The fourth-order valence-corrected chi connectivity index (χ4v) is 6.72. The van der Waals surface area contributed by atoms with Crippen LogP contribution in [0.1, 0.15) is 21.6 Å². The van der Waals surface area contributed by atoms with Crippen LogP contribution in [0.2, 0.25) is 0 Å². The molecule has 0 amide bonds. The number of rotatable bonds is 8. The molecule has 0 unspecified atom stereocenters. The molecule has 0 saturated heterocycles. The van der Waals surface area contributed by atoms with Crippen LogP contribution in [0.4, 0.5) is 0 Å². The lowest BCUT2D eigenvalue weighted by atomic mass is 10.1. The third kappa shape index (κ3) is 5.62. The van der Waals surface area contributed by atoms with Crippen LogP contribution in [-0.2, 0) is 13.1 Å². The molecule has 2 nitrogen and oxygen atoms in total. The molecule has 0 bridgehead atoms. The van der Waals surface area contributed by atoms with Crippen LogP contribution in [0.3, 0.4) is 0 Å². The summed E-state index contributed by atoms with van der Waals surface area (Å²) in [7, 11) is 0. The summed E-state index contributed by atoms with van der Waals surface area (Å²) in [6.07, 6.45) is 13.0. The van der Waals surface area contributed by atoms with Gasteiger partial charge in [0.1, 0.15) is 0 Å². The van der Waals surface area contributed by atoms with Gasteiger partial charge in [-0.05, 0) is 47.0 Å². The first-order valence-electron chi connectivity index (χ1n) is 12.8. The molecular formula is C34H29N2S2+. The highest BCUT2D eigenvalue weighted by atomic mass is 32.1. The van der Waals surface area contributed by atoms with E-state index in [-0.39, 0.29) is 0 Å². The van der Waals surface area contributed by atoms with Crippen molar-refractivity contribution in [3.63, 3.8) is 0 Å². The van der Waals surface area contributed by atoms with E-state index in [1.807, 2.05) is 28.7 Å². The van der Waals surface area contributed by atoms with Crippen molar-refractivity contribution in [1.82, 2.24) is 4.90 Å². The molecule has 38 heavy (non-hydrogen) atoms. The van der Waals surface area contributed by atoms with Crippen LogP contribution in [0, 0.1) is 0 Å². The lowest BCUT2D eigenvalue weighted by molar-refractivity contribution is -0.688. The molecule has 0 fully saturated rings. The Morgan fingerprint density at radius 3 is 2.11 bits per heavy atom. The maximum atomic E-state index is 3.83. The van der Waals surface area contributed by atoms with Crippen LogP contribution < -0.4 is 4.57 Å². The Hall–Kier alpha value is -3.99. The summed E-state index contributed by atoms with van der Waals surface area (Å²) in [6, 6.07) is 32.7. The van der Waals surface area contributed by atoms with E-state index in [1.165, 1.54) is 41.8 Å². The first-order valence-corrected chi connectivity index (χ1v) is 14.4. The van der Waals surface area contributed by atoms with Crippen molar-refractivity contribution in [2.75, 3.05) is 6.54 Å². The number of hydrogen-bond acceptors (Lipinski definition) is 3. The predicted molar refractivity (Wildman–Crippen MR) is 163 cm³/mol. The van der Waals surface area contributed by atoms with Crippen molar-refractivity contribution in [3.05, 3.63) is 150 Å². The number of thiophene rings is 2. The molecule has 0 N–H and O–H groups in total. The monoisotopic (exact) mass is 529 g/mol. The molecule has 4 heteroatoms. The zero-order valence-corrected chi connectivity index (χ0v) is 22.8. The first-order chi connectivity index (χ1) is 18.7. The van der Waals surface area contributed by atoms with Gasteiger partial charge in [0.25, 0.3) is 0 Å². The second-order valence-corrected chi connectivity index (χ2v) is 11.6. The second kappa shape index (κ2) is 11.2. The average molecular weight is 530 g/mol. The summed E-state index contributed by atoms with van der Waals surface area (Å²) in [6.45, 7) is 6.57. The Bertz CT molecular complexity index is 1590. The molecule has 186 valence electrons. The van der Waals surface area contributed by atoms with Crippen LogP contribution in [-0.4, -0.2) is 11.4 Å². The van der Waals surface area contributed by atoms with Gasteiger partial charge in [-0.15, -0.1) is 22.7 Å². The van der Waals surface area contributed by atoms with Gasteiger partial charge < -0.3 is 4.90 Å². The summed E-state index contributed by atoms with van der Waals surface area (Å²) in [4.78, 5) is 7.62. The van der Waals surface area contributed by atoms with E-state index in [9.17, 15) is 0 Å². The van der Waals surface area contributed by atoms with Gasteiger partial charge >= 0.3 is 0 Å². The molecule has 6 rings (SSSR count). The molecule has 3 aromatic heterocycles. The lowest BCUT2D eigenvalue weighted by Crippen LogP contribution is -2.32. The van der Waals surface area contributed by atoms with Gasteiger partial charge in [-0.1, -0.05) is 73.3 Å². The van der Waals surface area contributed by atoms with Crippen LogP contribution in [0.5, 0.6) is 0 Å². The Morgan fingerprint density at radius 2 is 1.42 bits per heavy atom. The maximum absolute atomic E-state index is 3.83. The molecule has 1 aliphatic rings. The maximum Gasteiger partial charge on any atom is 0.173 e. The van der Waals surface area contributed by atoms with Crippen molar-refractivity contribution >= 4 is 34.3 Å². The average Bonchev–Trinajstić information content (AvgIpc) is 3.66. The van der Waals surface area contributed by atoms with Crippen molar-refractivity contribution in [2.24, 2.45) is 0 Å². The van der Waals surface area contributed by atoms with E-state index in [1.54, 1.807) is 0 Å². The second-order valence-electron chi connectivity index (χ2n) is 9.42. The minimum absolute atomic E-state index is 0.861. The SMILES string of the molecule is C=Cc1ccc(C[n+]2ccc(-c3ccc(-c4ccc(C5=CCN(Cc6ccccc6)C=C5)s4)s3)cc2)cc1. The van der Waals surface area contributed by atoms with Gasteiger partial charge in [0.05, 0.1) is 0 Å². The standard InChI is InChI=1S/C34H29N2S2/c1-2-26-8-10-28(11-9-26)25-36-22-18-30(19-23-36)32-13-15-34(38-32)33-14-12-31(37-33)29-16-20-35(21-17-29)24-27-6-4-3-5-7-27/h2-20,22-23H,1,21,24-25H2/q+1. The van der Waals surface area contributed by atoms with Crippen LogP contribution >= 0.6 is 22.7 Å². The number of nitrogens with zero attached hydrogens (tertiary/aromatic N) is 2. The van der Waals surface area contributed by atoms with Gasteiger partial charge in [-0.2, -0.15) is 0 Å². The zero-order chi connectivity index (χ0) is 25.7. The highest BCUT2D eigenvalue weighted by Gasteiger charge is 2.13. The topological polar surface area (TPSA) is 7.12 Å². The molecule has 2 aromatic carbocycles. The number of aromatic nitrogens is 1. The normalized spacial score (nSPS) is 12.9. The highest BCUT2D eigenvalue weighted by molar-refractivity contribution is 7.24. The van der Waals surface area contributed by atoms with Crippen molar-refractivity contribution in [3.8, 4) is 20.2 Å². The zero-order valence-electron chi connectivity index (χ0n) is 21.2. The van der Waals surface area contributed by atoms with Crippen molar-refractivity contribution in [2.45, 2.75) is 13.1 Å². The molecule has 0 aliphatic carbocycles. The van der Waals surface area contributed by atoms with Gasteiger partial charge in [0.15, 0.2) is 18.9 Å². The van der Waals surface area contributed by atoms with Gasteiger partial charge in [0.2, 0.25) is 0 Å². The summed E-state index contributed by atoms with van der Waals surface area (Å²) >= 11 is 3.74. The molecule has 0 spiro atoms. The van der Waals surface area contributed by atoms with Crippen LogP contribution in [0.25, 0.3) is 31.8 Å². The molecule has 4 heterocycles. The summed E-state index contributed by atoms with van der Waals surface area (Å²) in [5.74, 6) is 0. The molecular weight excluding hydrogens is 501 g/mol. The molecule has 5 aromatic rings. The fourth-order valence-electron chi connectivity index (χ4n) is 4.60. The van der Waals surface area contributed by atoms with Gasteiger partial charge in [-0.3, -0.25) is 0 Å². The predicted octanol–water partition coefficient (Wildman–Crippen LogP) is 8.54. The van der Waals surface area contributed by atoms with E-state index in [0.29, 0.717) is 0 Å². The molecule has 0 saturated carbocycles. The summed E-state index contributed by atoms with van der Waals surface area (Å²) in [5.41, 5.74) is 6.35. The van der Waals surface area contributed by atoms with Crippen molar-refractivity contribution in [1.29, 1.82) is 0 Å². The minimum Gasteiger partial charge on any atom is -0.369 e. The van der Waals surface area contributed by atoms with E-state index < -0.39 is 0 Å². The molecule has 1 aliphatic heterocycles. The number of pyridine rings is 1. The third-order valence-corrected chi connectivity index (χ3v) is 9.20. The fraction of sp³-hybridized carbons (Fsp3) is 0.0882. The van der Waals surface area contributed by atoms with Crippen molar-refractivity contribution < 1.29 is 4.57 Å². The molecule has 0 radical (unpaired) electrons. The Balaban J connectivity index is 1.10. The van der Waals surface area contributed by atoms with Gasteiger partial charge in [0, 0.05) is 62.1 Å². The Kier molecular flexibility index (Phi) is 7.16. The van der Waals surface area contributed by atoms with Gasteiger partial charge in [-0.25, -0.2) is 4.57 Å². The summed E-state index contributed by atoms with van der Waals surface area (Å²) < 4.78 is 2.22. The summed E-state index contributed by atoms with van der Waals surface area (Å²) in [5, 5.41) is 0. The van der Waals surface area contributed by atoms with E-state index >= 15 is 0 Å². The highest BCUT2D eigenvalue weighted by Crippen LogP contribution is 2.39. The Labute approximate surface area is 232 Å². The number of hydrogen-bond donors (Lipinski definition) is 0. The minimum atomic E-state index is 0.861. The number of allylic oxidation sites excluding steroid dienone is 2.